The Balaban J connectivity index is 1.76. The van der Waals surface area contributed by atoms with Gasteiger partial charge >= 0.3 is 0 Å². The number of aliphatic imine (C=N–C) groups is 1. The van der Waals surface area contributed by atoms with Crippen LogP contribution >= 0.6 is 0 Å². The fraction of sp³-hybridized carbons (Fsp3) is 0.560. The van der Waals surface area contributed by atoms with Gasteiger partial charge in [-0.15, -0.1) is 0 Å². The Bertz CT molecular complexity index is 977. The smallest absolute Gasteiger partial charge is 0.180 e. The predicted octanol–water partition coefficient (Wildman–Crippen LogP) is 2.45. The third kappa shape index (κ3) is 6.72. The molecular formula is C25H40FN9. The van der Waals surface area contributed by atoms with Gasteiger partial charge in [-0.2, -0.15) is 0 Å². The van der Waals surface area contributed by atoms with Gasteiger partial charge in [0.2, 0.25) is 0 Å². The number of hydrogen-bond acceptors (Lipinski definition) is 8. The molecule has 2 aliphatic heterocycles. The van der Waals surface area contributed by atoms with E-state index >= 15 is 4.39 Å². The second-order valence-electron chi connectivity index (χ2n) is 9.14. The summed E-state index contributed by atoms with van der Waals surface area (Å²) in [5.41, 5.74) is 4.81. The summed E-state index contributed by atoms with van der Waals surface area (Å²) in [6, 6.07) is 2.01. The molecule has 0 aliphatic carbocycles. The molecule has 1 aromatic heterocycles. The molecule has 0 spiro atoms. The highest BCUT2D eigenvalue weighted by Crippen LogP contribution is 2.23. The van der Waals surface area contributed by atoms with Crippen molar-refractivity contribution >= 4 is 23.1 Å². The predicted molar refractivity (Wildman–Crippen MR) is 143 cm³/mol. The SMILES string of the molecule is CN/C=C(F)\C(=N/CNc1cc(C)c(N2CCNCC2)cn1)N1CCC(=N)/C(=C(\NC)C(C)C)C1. The molecule has 2 aliphatic rings. The number of halogens is 1. The van der Waals surface area contributed by atoms with E-state index in [4.69, 9.17) is 5.41 Å². The number of piperidine rings is 1. The Labute approximate surface area is 208 Å². The van der Waals surface area contributed by atoms with E-state index in [9.17, 15) is 0 Å². The lowest BCUT2D eigenvalue weighted by molar-refractivity contribution is 0.434. The highest BCUT2D eigenvalue weighted by atomic mass is 19.1. The van der Waals surface area contributed by atoms with Gasteiger partial charge < -0.3 is 36.5 Å². The van der Waals surface area contributed by atoms with Crippen molar-refractivity contribution in [2.45, 2.75) is 27.2 Å². The third-order valence-corrected chi connectivity index (χ3v) is 6.33. The summed E-state index contributed by atoms with van der Waals surface area (Å²) in [6.45, 7) is 11.3. The maximum Gasteiger partial charge on any atom is 0.180 e. The van der Waals surface area contributed by atoms with Gasteiger partial charge in [0, 0.05) is 83.0 Å². The van der Waals surface area contributed by atoms with Gasteiger partial charge in [-0.05, 0) is 24.5 Å². The summed E-state index contributed by atoms with van der Waals surface area (Å²) in [5, 5.41) is 21.0. The summed E-state index contributed by atoms with van der Waals surface area (Å²) >= 11 is 0. The molecule has 2 fully saturated rings. The minimum atomic E-state index is -0.434. The first-order valence-electron chi connectivity index (χ1n) is 12.3. The molecule has 10 heteroatoms. The number of piperazine rings is 1. The summed E-state index contributed by atoms with van der Waals surface area (Å²) in [7, 11) is 3.54. The van der Waals surface area contributed by atoms with Gasteiger partial charge in [0.15, 0.2) is 11.7 Å². The first-order chi connectivity index (χ1) is 16.8. The van der Waals surface area contributed by atoms with Crippen molar-refractivity contribution in [1.82, 2.24) is 25.8 Å². The van der Waals surface area contributed by atoms with Crippen molar-refractivity contribution in [2.75, 3.05) is 70.2 Å². The number of aryl methyl sites for hydroxylation is 1. The molecular weight excluding hydrogens is 445 g/mol. The van der Waals surface area contributed by atoms with Crippen LogP contribution in [0.15, 0.2) is 40.6 Å². The van der Waals surface area contributed by atoms with E-state index in [1.54, 1.807) is 7.05 Å². The van der Waals surface area contributed by atoms with Gasteiger partial charge in [0.1, 0.15) is 12.5 Å². The Morgan fingerprint density at radius 3 is 2.66 bits per heavy atom. The number of aromatic nitrogens is 1. The van der Waals surface area contributed by atoms with Crippen molar-refractivity contribution in [3.8, 4) is 0 Å². The molecule has 35 heavy (non-hydrogen) atoms. The fourth-order valence-corrected chi connectivity index (χ4v) is 4.58. The maximum atomic E-state index is 15.1. The Hall–Kier alpha value is -3.14. The zero-order valence-electron chi connectivity index (χ0n) is 21.6. The summed E-state index contributed by atoms with van der Waals surface area (Å²) in [6.07, 6.45) is 3.75. The number of allylic oxidation sites excluding steroid dienone is 1. The van der Waals surface area contributed by atoms with Crippen LogP contribution in [0, 0.1) is 18.3 Å². The van der Waals surface area contributed by atoms with Gasteiger partial charge in [0.25, 0.3) is 0 Å². The van der Waals surface area contributed by atoms with Gasteiger partial charge in [0.05, 0.1) is 11.9 Å². The molecule has 0 aromatic carbocycles. The second kappa shape index (κ2) is 12.5. The number of nitrogens with one attached hydrogen (secondary N) is 5. The van der Waals surface area contributed by atoms with Crippen LogP contribution in [0.2, 0.25) is 0 Å². The zero-order valence-corrected chi connectivity index (χ0v) is 21.6. The van der Waals surface area contributed by atoms with Crippen molar-refractivity contribution in [1.29, 1.82) is 5.41 Å². The first-order valence-corrected chi connectivity index (χ1v) is 12.3. The van der Waals surface area contributed by atoms with Crippen LogP contribution in [-0.2, 0) is 0 Å². The topological polar surface area (TPSA) is 104 Å². The average Bonchev–Trinajstić information content (AvgIpc) is 2.84. The normalized spacial score (nSPS) is 19.2. The van der Waals surface area contributed by atoms with E-state index in [1.807, 2.05) is 24.2 Å². The van der Waals surface area contributed by atoms with Gasteiger partial charge in [-0.1, -0.05) is 13.8 Å². The molecule has 1 aromatic rings. The van der Waals surface area contributed by atoms with Gasteiger partial charge in [-0.3, -0.25) is 0 Å². The summed E-state index contributed by atoms with van der Waals surface area (Å²) < 4.78 is 15.1. The molecule has 0 unspecified atom stereocenters. The van der Waals surface area contributed by atoms with Crippen LogP contribution in [0.3, 0.4) is 0 Å². The molecule has 2 saturated heterocycles. The van der Waals surface area contributed by atoms with Crippen LogP contribution in [0.25, 0.3) is 0 Å². The molecule has 3 heterocycles. The number of rotatable bonds is 8. The molecule has 0 radical (unpaired) electrons. The van der Waals surface area contributed by atoms with Crippen LogP contribution < -0.4 is 26.2 Å². The minimum absolute atomic E-state index is 0.190. The molecule has 0 saturated carbocycles. The lowest BCUT2D eigenvalue weighted by atomic mass is 9.95. The lowest BCUT2D eigenvalue weighted by Crippen LogP contribution is -2.43. The van der Waals surface area contributed by atoms with E-state index in [-0.39, 0.29) is 18.4 Å². The van der Waals surface area contributed by atoms with E-state index in [2.05, 4.69) is 56.9 Å². The molecule has 0 bridgehead atoms. The van der Waals surface area contributed by atoms with Crippen LogP contribution in [-0.4, -0.2) is 81.5 Å². The quantitative estimate of drug-likeness (QED) is 0.285. The monoisotopic (exact) mass is 485 g/mol. The minimum Gasteiger partial charge on any atom is -0.392 e. The largest absolute Gasteiger partial charge is 0.392 e. The molecule has 3 rings (SSSR count). The van der Waals surface area contributed by atoms with Crippen LogP contribution in [0.4, 0.5) is 15.9 Å². The highest BCUT2D eigenvalue weighted by molar-refractivity contribution is 6.03. The maximum absolute atomic E-state index is 15.1. The van der Waals surface area contributed by atoms with E-state index in [0.29, 0.717) is 31.0 Å². The Morgan fingerprint density at radius 1 is 1.29 bits per heavy atom. The molecule has 0 amide bonds. The summed E-state index contributed by atoms with van der Waals surface area (Å²) in [5.74, 6) is 0.787. The molecule has 0 atom stereocenters. The van der Waals surface area contributed by atoms with E-state index < -0.39 is 5.83 Å². The van der Waals surface area contributed by atoms with Crippen molar-refractivity contribution < 1.29 is 4.39 Å². The van der Waals surface area contributed by atoms with Crippen molar-refractivity contribution in [2.24, 2.45) is 10.9 Å². The molecule has 192 valence electrons. The first kappa shape index (κ1) is 26.5. The Morgan fingerprint density at radius 2 is 2.03 bits per heavy atom. The number of likely N-dealkylation sites (tertiary alicyclic amines) is 1. The van der Waals surface area contributed by atoms with Crippen molar-refractivity contribution in [3.63, 3.8) is 0 Å². The number of nitrogens with zero attached hydrogens (tertiary/aromatic N) is 4. The van der Waals surface area contributed by atoms with Crippen LogP contribution in [0.5, 0.6) is 0 Å². The third-order valence-electron chi connectivity index (χ3n) is 6.33. The molecule has 5 N–H and O–H groups in total. The zero-order chi connectivity index (χ0) is 25.4. The highest BCUT2D eigenvalue weighted by Gasteiger charge is 2.26. The van der Waals surface area contributed by atoms with Gasteiger partial charge in [-0.25, -0.2) is 14.4 Å². The lowest BCUT2D eigenvalue weighted by Gasteiger charge is -2.33. The fourth-order valence-electron chi connectivity index (χ4n) is 4.58. The summed E-state index contributed by atoms with van der Waals surface area (Å²) in [4.78, 5) is 13.4. The Kier molecular flexibility index (Phi) is 9.47. The standard InChI is InChI=1S/C25H40FN9/c1-17(2)24(29-5)19-15-35(9-6-21(19)27)25(20(26)13-28-4)33-16-32-23-12-18(3)22(14-31-23)34-10-7-30-8-11-34/h12-14,17,27-30H,6-11,15-16H2,1-5H3,(H,31,32)/b20-13+,24-19-,27-21?,33-25+. The number of anilines is 2. The number of amidine groups is 1. The van der Waals surface area contributed by atoms with E-state index in [0.717, 1.165) is 48.7 Å². The molecule has 9 nitrogen and oxygen atoms in total. The van der Waals surface area contributed by atoms with E-state index in [1.165, 1.54) is 6.20 Å². The van der Waals surface area contributed by atoms with Crippen molar-refractivity contribution in [3.05, 3.63) is 41.1 Å². The average molecular weight is 486 g/mol. The second-order valence-corrected chi connectivity index (χ2v) is 9.14. The number of hydrogen-bond donors (Lipinski definition) is 5. The number of pyridine rings is 1. The van der Waals surface area contributed by atoms with Crippen LogP contribution in [0.1, 0.15) is 25.8 Å².